The van der Waals surface area contributed by atoms with Crippen molar-refractivity contribution in [3.63, 3.8) is 0 Å². The number of benzene rings is 1. The summed E-state index contributed by atoms with van der Waals surface area (Å²) < 4.78 is 0. The van der Waals surface area contributed by atoms with Gasteiger partial charge in [0.2, 0.25) is 11.8 Å². The number of para-hydroxylation sites is 1. The van der Waals surface area contributed by atoms with Gasteiger partial charge in [0.1, 0.15) is 0 Å². The van der Waals surface area contributed by atoms with Crippen LogP contribution in [0.25, 0.3) is 0 Å². The first-order valence-corrected chi connectivity index (χ1v) is 10.5. The van der Waals surface area contributed by atoms with Gasteiger partial charge in [0.05, 0.1) is 6.54 Å². The Bertz CT molecular complexity index is 760. The van der Waals surface area contributed by atoms with Gasteiger partial charge < -0.3 is 9.80 Å². The summed E-state index contributed by atoms with van der Waals surface area (Å²) in [7, 11) is 0. The van der Waals surface area contributed by atoms with Crippen molar-refractivity contribution in [1.29, 1.82) is 0 Å². The molecule has 1 aromatic carbocycles. The van der Waals surface area contributed by atoms with Crippen LogP contribution in [0.1, 0.15) is 44.1 Å². The molecule has 4 aliphatic rings. The smallest absolute Gasteiger partial charge is 0.241 e. The highest BCUT2D eigenvalue weighted by molar-refractivity contribution is 5.96. The predicted octanol–water partition coefficient (Wildman–Crippen LogP) is 2.44. The minimum atomic E-state index is 0.206. The zero-order chi connectivity index (χ0) is 18.4. The maximum absolute atomic E-state index is 13.0. The first-order valence-electron chi connectivity index (χ1n) is 10.5. The Morgan fingerprint density at radius 2 is 1.93 bits per heavy atom. The average molecular weight is 367 g/mol. The highest BCUT2D eigenvalue weighted by atomic mass is 16.2. The number of rotatable bonds is 3. The SMILES string of the molecule is O=C(CN1CCC[C@]2(CCC(=O)N(C3CC3)C2)C1)N1CCc2ccccc21. The molecule has 0 bridgehead atoms. The molecular weight excluding hydrogens is 338 g/mol. The van der Waals surface area contributed by atoms with Gasteiger partial charge in [-0.05, 0) is 56.7 Å². The maximum Gasteiger partial charge on any atom is 0.241 e. The van der Waals surface area contributed by atoms with E-state index in [0.717, 1.165) is 51.1 Å². The van der Waals surface area contributed by atoms with Crippen LogP contribution in [0.5, 0.6) is 0 Å². The van der Waals surface area contributed by atoms with E-state index >= 15 is 0 Å². The number of carbonyl (C=O) groups excluding carboxylic acids is 2. The zero-order valence-electron chi connectivity index (χ0n) is 16.0. The van der Waals surface area contributed by atoms with Crippen molar-refractivity contribution < 1.29 is 9.59 Å². The van der Waals surface area contributed by atoms with Gasteiger partial charge in [-0.15, -0.1) is 0 Å². The lowest BCUT2D eigenvalue weighted by Crippen LogP contribution is -2.55. The van der Waals surface area contributed by atoms with Crippen LogP contribution in [-0.2, 0) is 16.0 Å². The molecule has 3 aliphatic heterocycles. The van der Waals surface area contributed by atoms with Crippen molar-refractivity contribution in [1.82, 2.24) is 9.80 Å². The number of hydrogen-bond acceptors (Lipinski definition) is 3. The standard InChI is InChI=1S/C22H29N3O2/c26-20-8-11-22(16-25(20)18-6-7-18)10-3-12-23(15-22)14-21(27)24-13-9-17-4-1-2-5-19(17)24/h1-2,4-5,18H,3,6-16H2/t22-/m0/s1. The zero-order valence-corrected chi connectivity index (χ0v) is 16.0. The van der Waals surface area contributed by atoms with Gasteiger partial charge in [-0.3, -0.25) is 14.5 Å². The first-order chi connectivity index (χ1) is 13.1. The molecule has 1 saturated carbocycles. The number of fused-ring (bicyclic) bond motifs is 1. The number of anilines is 1. The molecule has 1 aromatic rings. The van der Waals surface area contributed by atoms with Crippen LogP contribution in [0.4, 0.5) is 5.69 Å². The average Bonchev–Trinajstić information content (AvgIpc) is 3.42. The van der Waals surface area contributed by atoms with E-state index in [1.54, 1.807) is 0 Å². The minimum Gasteiger partial charge on any atom is -0.339 e. The fourth-order valence-electron chi connectivity index (χ4n) is 5.42. The Labute approximate surface area is 161 Å². The lowest BCUT2D eigenvalue weighted by Gasteiger charge is -2.48. The van der Waals surface area contributed by atoms with Crippen LogP contribution in [-0.4, -0.2) is 60.4 Å². The van der Waals surface area contributed by atoms with Crippen LogP contribution in [0, 0.1) is 5.41 Å². The quantitative estimate of drug-likeness (QED) is 0.824. The van der Waals surface area contributed by atoms with Gasteiger partial charge in [0, 0.05) is 43.2 Å². The van der Waals surface area contributed by atoms with E-state index in [2.05, 4.69) is 28.0 Å². The number of carbonyl (C=O) groups is 2. The molecule has 144 valence electrons. The Kier molecular flexibility index (Phi) is 4.23. The van der Waals surface area contributed by atoms with Crippen molar-refractivity contribution in [2.24, 2.45) is 5.41 Å². The summed E-state index contributed by atoms with van der Waals surface area (Å²) in [6, 6.07) is 8.78. The first kappa shape index (κ1) is 17.2. The number of likely N-dealkylation sites (tertiary alicyclic amines) is 2. The van der Waals surface area contributed by atoms with E-state index in [1.807, 2.05) is 11.0 Å². The van der Waals surface area contributed by atoms with Crippen molar-refractivity contribution in [3.05, 3.63) is 29.8 Å². The van der Waals surface area contributed by atoms with Crippen LogP contribution in [0.15, 0.2) is 24.3 Å². The molecule has 0 aromatic heterocycles. The summed E-state index contributed by atoms with van der Waals surface area (Å²) in [5.41, 5.74) is 2.59. The summed E-state index contributed by atoms with van der Waals surface area (Å²) in [5.74, 6) is 0.577. The second-order valence-electron chi connectivity index (χ2n) is 8.99. The summed E-state index contributed by atoms with van der Waals surface area (Å²) in [5, 5.41) is 0. The fourth-order valence-corrected chi connectivity index (χ4v) is 5.42. The summed E-state index contributed by atoms with van der Waals surface area (Å²) in [6.45, 7) is 4.19. The molecule has 0 unspecified atom stereocenters. The Morgan fingerprint density at radius 3 is 2.78 bits per heavy atom. The van der Waals surface area contributed by atoms with E-state index in [-0.39, 0.29) is 11.3 Å². The molecule has 1 spiro atoms. The second-order valence-corrected chi connectivity index (χ2v) is 8.99. The van der Waals surface area contributed by atoms with Gasteiger partial charge >= 0.3 is 0 Å². The van der Waals surface area contributed by atoms with Gasteiger partial charge in [-0.1, -0.05) is 18.2 Å². The molecule has 0 N–H and O–H groups in total. The molecule has 0 radical (unpaired) electrons. The number of hydrogen-bond donors (Lipinski definition) is 0. The van der Waals surface area contributed by atoms with Gasteiger partial charge in [-0.25, -0.2) is 0 Å². The summed E-state index contributed by atoms with van der Waals surface area (Å²) in [4.78, 5) is 31.8. The molecule has 27 heavy (non-hydrogen) atoms. The van der Waals surface area contributed by atoms with Gasteiger partial charge in [-0.2, -0.15) is 0 Å². The maximum atomic E-state index is 13.0. The minimum absolute atomic E-state index is 0.206. The van der Waals surface area contributed by atoms with Gasteiger partial charge in [0.25, 0.3) is 0 Å². The normalized spacial score (nSPS) is 28.7. The summed E-state index contributed by atoms with van der Waals surface area (Å²) >= 11 is 0. The molecule has 1 aliphatic carbocycles. The van der Waals surface area contributed by atoms with Gasteiger partial charge in [0.15, 0.2) is 0 Å². The largest absolute Gasteiger partial charge is 0.339 e. The van der Waals surface area contributed by atoms with Crippen LogP contribution < -0.4 is 4.90 Å². The van der Waals surface area contributed by atoms with Crippen molar-refractivity contribution in [2.75, 3.05) is 37.6 Å². The Balaban J connectivity index is 1.25. The van der Waals surface area contributed by atoms with Crippen LogP contribution in [0.3, 0.4) is 0 Å². The highest BCUT2D eigenvalue weighted by Crippen LogP contribution is 2.42. The predicted molar refractivity (Wildman–Crippen MR) is 105 cm³/mol. The van der Waals surface area contributed by atoms with E-state index in [1.165, 1.54) is 24.8 Å². The Morgan fingerprint density at radius 1 is 1.07 bits per heavy atom. The van der Waals surface area contributed by atoms with E-state index in [4.69, 9.17) is 0 Å². The molecule has 3 fully saturated rings. The van der Waals surface area contributed by atoms with E-state index in [0.29, 0.717) is 24.9 Å². The topological polar surface area (TPSA) is 43.9 Å². The Hall–Kier alpha value is -1.88. The fraction of sp³-hybridized carbons (Fsp3) is 0.636. The third-order valence-electron chi connectivity index (χ3n) is 6.97. The van der Waals surface area contributed by atoms with Crippen LogP contribution in [0.2, 0.25) is 0 Å². The monoisotopic (exact) mass is 367 g/mol. The molecular formula is C22H29N3O2. The van der Waals surface area contributed by atoms with Crippen molar-refractivity contribution >= 4 is 17.5 Å². The molecule has 5 nitrogen and oxygen atoms in total. The molecule has 1 atom stereocenters. The molecule has 5 rings (SSSR count). The third kappa shape index (κ3) is 3.27. The number of nitrogens with zero attached hydrogens (tertiary/aromatic N) is 3. The summed E-state index contributed by atoms with van der Waals surface area (Å²) in [6.07, 6.45) is 7.34. The molecule has 5 heteroatoms. The van der Waals surface area contributed by atoms with Crippen molar-refractivity contribution in [2.45, 2.75) is 51.0 Å². The molecule has 3 heterocycles. The van der Waals surface area contributed by atoms with E-state index in [9.17, 15) is 9.59 Å². The lowest BCUT2D eigenvalue weighted by atomic mass is 9.73. The molecule has 2 saturated heterocycles. The van der Waals surface area contributed by atoms with Crippen LogP contribution >= 0.6 is 0 Å². The van der Waals surface area contributed by atoms with Crippen molar-refractivity contribution in [3.8, 4) is 0 Å². The number of amides is 2. The van der Waals surface area contributed by atoms with E-state index < -0.39 is 0 Å². The number of piperidine rings is 2. The lowest BCUT2D eigenvalue weighted by molar-refractivity contribution is -0.140. The molecule has 2 amide bonds. The highest BCUT2D eigenvalue weighted by Gasteiger charge is 2.45. The third-order valence-corrected chi connectivity index (χ3v) is 6.97. The second kappa shape index (κ2) is 6.62.